The number of aliphatic hydroxyl groups excluding tert-OH is 1. The van der Waals surface area contributed by atoms with Crippen LogP contribution in [0, 0.1) is 5.92 Å². The summed E-state index contributed by atoms with van der Waals surface area (Å²) in [6.45, 7) is 1.94. The standard InChI is InChI=1S/C12H17N3O2S/c1-8(10(13)6-16)4-11-14-12(17-15-11)5-9-2-3-18-7-9/h2-3,7-8,10,16H,4-6,13H2,1H3. The molecular formula is C12H17N3O2S. The molecule has 0 radical (unpaired) electrons. The van der Waals surface area contributed by atoms with Crippen molar-refractivity contribution in [3.63, 3.8) is 0 Å². The topological polar surface area (TPSA) is 85.2 Å². The molecule has 2 unspecified atom stereocenters. The molecule has 2 aromatic rings. The molecule has 5 nitrogen and oxygen atoms in total. The minimum atomic E-state index is -0.246. The van der Waals surface area contributed by atoms with Crippen LogP contribution in [0.25, 0.3) is 0 Å². The molecule has 0 fully saturated rings. The molecule has 18 heavy (non-hydrogen) atoms. The Morgan fingerprint density at radius 3 is 3.06 bits per heavy atom. The van der Waals surface area contributed by atoms with Gasteiger partial charge in [0.05, 0.1) is 13.0 Å². The van der Waals surface area contributed by atoms with Gasteiger partial charge in [0.2, 0.25) is 5.89 Å². The van der Waals surface area contributed by atoms with E-state index in [-0.39, 0.29) is 18.6 Å². The Labute approximate surface area is 110 Å². The Morgan fingerprint density at radius 2 is 2.39 bits per heavy atom. The zero-order valence-electron chi connectivity index (χ0n) is 10.2. The summed E-state index contributed by atoms with van der Waals surface area (Å²) in [5.74, 6) is 1.39. The summed E-state index contributed by atoms with van der Waals surface area (Å²) in [7, 11) is 0. The molecule has 2 heterocycles. The minimum Gasteiger partial charge on any atom is -0.395 e. The fourth-order valence-electron chi connectivity index (χ4n) is 1.63. The van der Waals surface area contributed by atoms with Crippen molar-refractivity contribution >= 4 is 11.3 Å². The quantitative estimate of drug-likeness (QED) is 0.822. The van der Waals surface area contributed by atoms with Crippen LogP contribution < -0.4 is 5.73 Å². The first-order chi connectivity index (χ1) is 8.69. The van der Waals surface area contributed by atoms with Crippen LogP contribution in [0.15, 0.2) is 21.3 Å². The van der Waals surface area contributed by atoms with Crippen molar-refractivity contribution in [2.75, 3.05) is 6.61 Å². The van der Waals surface area contributed by atoms with E-state index in [1.54, 1.807) is 11.3 Å². The van der Waals surface area contributed by atoms with Crippen molar-refractivity contribution in [1.29, 1.82) is 0 Å². The molecule has 0 amide bonds. The Morgan fingerprint density at radius 1 is 1.56 bits per heavy atom. The van der Waals surface area contributed by atoms with Gasteiger partial charge >= 0.3 is 0 Å². The molecule has 98 valence electrons. The smallest absolute Gasteiger partial charge is 0.231 e. The highest BCUT2D eigenvalue weighted by Crippen LogP contribution is 2.13. The largest absolute Gasteiger partial charge is 0.395 e. The maximum Gasteiger partial charge on any atom is 0.231 e. The van der Waals surface area contributed by atoms with E-state index in [4.69, 9.17) is 15.4 Å². The lowest BCUT2D eigenvalue weighted by atomic mass is 9.99. The lowest BCUT2D eigenvalue weighted by Crippen LogP contribution is -2.33. The van der Waals surface area contributed by atoms with E-state index in [1.807, 2.05) is 18.4 Å². The molecule has 0 aliphatic rings. The van der Waals surface area contributed by atoms with Crippen LogP contribution >= 0.6 is 11.3 Å². The molecule has 0 aliphatic heterocycles. The van der Waals surface area contributed by atoms with Gasteiger partial charge in [0.15, 0.2) is 5.82 Å². The molecule has 0 saturated carbocycles. The molecule has 0 aromatic carbocycles. The first-order valence-electron chi connectivity index (χ1n) is 5.88. The summed E-state index contributed by atoms with van der Waals surface area (Å²) >= 11 is 1.65. The van der Waals surface area contributed by atoms with Crippen LogP contribution in [0.5, 0.6) is 0 Å². The van der Waals surface area contributed by atoms with Gasteiger partial charge in [-0.1, -0.05) is 12.1 Å². The number of aliphatic hydroxyl groups is 1. The number of nitrogens with zero attached hydrogens (tertiary/aromatic N) is 2. The fourth-order valence-corrected chi connectivity index (χ4v) is 2.30. The van der Waals surface area contributed by atoms with E-state index >= 15 is 0 Å². The number of aromatic nitrogens is 2. The number of hydrogen-bond donors (Lipinski definition) is 2. The number of thiophene rings is 1. The molecule has 2 rings (SSSR count). The van der Waals surface area contributed by atoms with Gasteiger partial charge in [-0.25, -0.2) is 0 Å². The van der Waals surface area contributed by atoms with Crippen LogP contribution in [0.2, 0.25) is 0 Å². The summed E-state index contributed by atoms with van der Waals surface area (Å²) in [4.78, 5) is 4.33. The second kappa shape index (κ2) is 6.08. The van der Waals surface area contributed by atoms with Gasteiger partial charge in [0.1, 0.15) is 0 Å². The highest BCUT2D eigenvalue weighted by atomic mass is 32.1. The molecule has 0 saturated heterocycles. The second-order valence-electron chi connectivity index (χ2n) is 4.44. The van der Waals surface area contributed by atoms with Gasteiger partial charge in [-0.05, 0) is 28.3 Å². The van der Waals surface area contributed by atoms with Crippen molar-refractivity contribution in [2.45, 2.75) is 25.8 Å². The van der Waals surface area contributed by atoms with Crippen LogP contribution in [0.1, 0.15) is 24.2 Å². The number of hydrogen-bond acceptors (Lipinski definition) is 6. The van der Waals surface area contributed by atoms with Crippen molar-refractivity contribution in [1.82, 2.24) is 10.1 Å². The summed E-state index contributed by atoms with van der Waals surface area (Å²) in [6, 6.07) is 1.79. The highest BCUT2D eigenvalue weighted by molar-refractivity contribution is 7.07. The molecule has 2 atom stereocenters. The van der Waals surface area contributed by atoms with Gasteiger partial charge in [0.25, 0.3) is 0 Å². The Kier molecular flexibility index (Phi) is 4.46. The summed E-state index contributed by atoms with van der Waals surface area (Å²) in [5, 5.41) is 17.0. The SMILES string of the molecule is CC(Cc1noc(Cc2ccsc2)n1)C(N)CO. The maximum atomic E-state index is 8.97. The van der Waals surface area contributed by atoms with Crippen LogP contribution in [-0.4, -0.2) is 27.9 Å². The van der Waals surface area contributed by atoms with E-state index < -0.39 is 0 Å². The van der Waals surface area contributed by atoms with Crippen molar-refractivity contribution in [3.05, 3.63) is 34.1 Å². The molecule has 0 spiro atoms. The lowest BCUT2D eigenvalue weighted by molar-refractivity contribution is 0.230. The minimum absolute atomic E-state index is 0.0270. The van der Waals surface area contributed by atoms with E-state index in [1.165, 1.54) is 5.56 Å². The number of rotatable bonds is 6. The van der Waals surface area contributed by atoms with Crippen molar-refractivity contribution in [2.24, 2.45) is 11.7 Å². The third-order valence-corrected chi connectivity index (χ3v) is 3.62. The van der Waals surface area contributed by atoms with Gasteiger partial charge < -0.3 is 15.4 Å². The predicted molar refractivity (Wildman–Crippen MR) is 69.4 cm³/mol. The average molecular weight is 267 g/mol. The second-order valence-corrected chi connectivity index (χ2v) is 5.22. The molecule has 0 aliphatic carbocycles. The monoisotopic (exact) mass is 267 g/mol. The normalized spacial score (nSPS) is 14.6. The maximum absolute atomic E-state index is 8.97. The van der Waals surface area contributed by atoms with Crippen LogP contribution in [0.3, 0.4) is 0 Å². The first kappa shape index (κ1) is 13.2. The van der Waals surface area contributed by atoms with Crippen LogP contribution in [-0.2, 0) is 12.8 Å². The van der Waals surface area contributed by atoms with Crippen molar-refractivity contribution < 1.29 is 9.63 Å². The zero-order chi connectivity index (χ0) is 13.0. The van der Waals surface area contributed by atoms with Gasteiger partial charge in [-0.3, -0.25) is 0 Å². The fraction of sp³-hybridized carbons (Fsp3) is 0.500. The molecule has 3 N–H and O–H groups in total. The number of nitrogens with two attached hydrogens (primary N) is 1. The first-order valence-corrected chi connectivity index (χ1v) is 6.82. The van der Waals surface area contributed by atoms with E-state index in [0.29, 0.717) is 24.6 Å². The summed E-state index contributed by atoms with van der Waals surface area (Å²) < 4.78 is 5.19. The Bertz CT molecular complexity index is 469. The predicted octanol–water partition coefficient (Wildman–Crippen LogP) is 1.22. The van der Waals surface area contributed by atoms with Crippen LogP contribution in [0.4, 0.5) is 0 Å². The molecule has 0 bridgehead atoms. The summed E-state index contributed by atoms with van der Waals surface area (Å²) in [6.07, 6.45) is 1.28. The average Bonchev–Trinajstić information content (AvgIpc) is 3.01. The zero-order valence-corrected chi connectivity index (χ0v) is 11.1. The Hall–Kier alpha value is -1.24. The highest BCUT2D eigenvalue weighted by Gasteiger charge is 2.16. The van der Waals surface area contributed by atoms with E-state index in [2.05, 4.69) is 15.5 Å². The van der Waals surface area contributed by atoms with E-state index in [0.717, 1.165) is 0 Å². The van der Waals surface area contributed by atoms with Gasteiger partial charge in [0, 0.05) is 12.5 Å². The third kappa shape index (κ3) is 3.38. The third-order valence-electron chi connectivity index (χ3n) is 2.89. The molecular weight excluding hydrogens is 250 g/mol. The molecule has 2 aromatic heterocycles. The van der Waals surface area contributed by atoms with Gasteiger partial charge in [-0.15, -0.1) is 0 Å². The molecule has 6 heteroatoms. The Balaban J connectivity index is 1.94. The van der Waals surface area contributed by atoms with Crippen molar-refractivity contribution in [3.8, 4) is 0 Å². The van der Waals surface area contributed by atoms with Gasteiger partial charge in [-0.2, -0.15) is 16.3 Å². The van der Waals surface area contributed by atoms with E-state index in [9.17, 15) is 0 Å². The summed E-state index contributed by atoms with van der Waals surface area (Å²) in [5.41, 5.74) is 6.92. The lowest BCUT2D eigenvalue weighted by Gasteiger charge is -2.14.